The fourth-order valence-electron chi connectivity index (χ4n) is 5.86. The fraction of sp³-hybridized carbons (Fsp3) is 0.488. The summed E-state index contributed by atoms with van der Waals surface area (Å²) in [5.74, 6) is -3.31. The van der Waals surface area contributed by atoms with Crippen molar-refractivity contribution in [1.82, 2.24) is 36.6 Å². The Labute approximate surface area is 328 Å². The molecule has 15 heteroatoms. The Hall–Kier alpha value is -5.57. The van der Waals surface area contributed by atoms with Gasteiger partial charge >= 0.3 is 6.09 Å². The summed E-state index contributed by atoms with van der Waals surface area (Å²) in [6.45, 7) is 12.6. The van der Waals surface area contributed by atoms with Crippen LogP contribution in [-0.2, 0) is 36.8 Å². The Bertz CT molecular complexity index is 1730. The Morgan fingerprint density at radius 2 is 1.32 bits per heavy atom. The zero-order valence-corrected chi connectivity index (χ0v) is 33.3. The van der Waals surface area contributed by atoms with Crippen LogP contribution in [0, 0.1) is 11.8 Å². The van der Waals surface area contributed by atoms with E-state index in [9.17, 15) is 33.9 Å². The number of benzene rings is 2. The molecule has 56 heavy (non-hydrogen) atoms. The number of hydrogen-bond acceptors (Lipinski definition) is 9. The first-order chi connectivity index (χ1) is 26.4. The number of aromatic amines is 1. The van der Waals surface area contributed by atoms with Crippen molar-refractivity contribution in [2.75, 3.05) is 0 Å². The number of H-pyrrole nitrogens is 1. The van der Waals surface area contributed by atoms with Crippen LogP contribution < -0.4 is 26.6 Å². The van der Waals surface area contributed by atoms with Crippen LogP contribution in [0.4, 0.5) is 4.79 Å². The fourth-order valence-corrected chi connectivity index (χ4v) is 5.86. The number of nitrogens with one attached hydrogen (secondary N) is 6. The molecule has 1 heterocycles. The van der Waals surface area contributed by atoms with Gasteiger partial charge < -0.3 is 36.1 Å². The molecule has 3 rings (SSSR count). The molecule has 0 radical (unpaired) electrons. The van der Waals surface area contributed by atoms with Crippen LogP contribution >= 0.6 is 0 Å². The number of ether oxygens (including phenoxy) is 1. The third-order valence-electron chi connectivity index (χ3n) is 8.45. The zero-order valence-electron chi connectivity index (χ0n) is 33.3. The molecule has 2 aromatic carbocycles. The van der Waals surface area contributed by atoms with Gasteiger partial charge in [-0.15, -0.1) is 0 Å². The zero-order chi connectivity index (χ0) is 41.4. The maximum absolute atomic E-state index is 14.0. The predicted octanol–water partition coefficient (Wildman–Crippen LogP) is 3.34. The molecule has 0 aliphatic rings. The summed E-state index contributed by atoms with van der Waals surface area (Å²) >= 11 is 0. The van der Waals surface area contributed by atoms with Gasteiger partial charge in [0.1, 0.15) is 23.7 Å². The summed E-state index contributed by atoms with van der Waals surface area (Å²) in [5.41, 5.74) is 0.747. The minimum absolute atomic E-state index is 0.0132. The van der Waals surface area contributed by atoms with E-state index in [1.807, 2.05) is 45.9 Å². The lowest BCUT2D eigenvalue weighted by atomic mass is 9.96. The molecule has 15 nitrogen and oxygen atoms in total. The van der Waals surface area contributed by atoms with Crippen LogP contribution in [-0.4, -0.2) is 86.6 Å². The number of rotatable bonds is 19. The lowest BCUT2D eigenvalue weighted by molar-refractivity contribution is -0.132. The van der Waals surface area contributed by atoms with Crippen molar-refractivity contribution in [3.8, 4) is 0 Å². The van der Waals surface area contributed by atoms with E-state index in [4.69, 9.17) is 4.74 Å². The van der Waals surface area contributed by atoms with Crippen molar-refractivity contribution in [3.05, 3.63) is 90.0 Å². The molecule has 0 unspecified atom stereocenters. The van der Waals surface area contributed by atoms with E-state index in [1.54, 1.807) is 63.2 Å². The number of nitrogens with zero attached hydrogens (tertiary/aromatic N) is 1. The van der Waals surface area contributed by atoms with Crippen molar-refractivity contribution in [3.63, 3.8) is 0 Å². The topological polar surface area (TPSA) is 221 Å². The van der Waals surface area contributed by atoms with Crippen molar-refractivity contribution in [1.29, 1.82) is 0 Å². The summed E-state index contributed by atoms with van der Waals surface area (Å²) in [6.07, 6.45) is 0.857. The second-order valence-corrected chi connectivity index (χ2v) is 15.7. The van der Waals surface area contributed by atoms with Gasteiger partial charge in [-0.3, -0.25) is 29.3 Å². The number of imide groups is 1. The van der Waals surface area contributed by atoms with Crippen LogP contribution in [0.15, 0.2) is 73.2 Å². The van der Waals surface area contributed by atoms with Gasteiger partial charge in [0, 0.05) is 30.3 Å². The Balaban J connectivity index is 1.77. The third kappa shape index (κ3) is 16.0. The number of carbonyl (C=O) groups is 6. The number of alkyl carbamates (subject to hydrolysis) is 1. The first-order valence-electron chi connectivity index (χ1n) is 18.9. The molecule has 0 spiro atoms. The number of aliphatic hydroxyl groups excluding tert-OH is 1. The van der Waals surface area contributed by atoms with Crippen LogP contribution in [0.3, 0.4) is 0 Å². The molecule has 0 fully saturated rings. The maximum Gasteiger partial charge on any atom is 0.408 e. The molecule has 0 aliphatic carbocycles. The molecule has 0 bridgehead atoms. The highest BCUT2D eigenvalue weighted by molar-refractivity contribution is 6.06. The summed E-state index contributed by atoms with van der Waals surface area (Å²) in [7, 11) is 0. The number of amides is 6. The van der Waals surface area contributed by atoms with E-state index >= 15 is 0 Å². The number of hydrogen-bond donors (Lipinski definition) is 7. The minimum atomic E-state index is -1.39. The molecule has 6 amide bonds. The second kappa shape index (κ2) is 21.5. The normalized spacial score (nSPS) is 14.1. The van der Waals surface area contributed by atoms with E-state index < -0.39 is 77.9 Å². The number of aliphatic hydroxyl groups is 1. The summed E-state index contributed by atoms with van der Waals surface area (Å²) in [6, 6.07) is 12.9. The number of imidazole rings is 1. The van der Waals surface area contributed by atoms with Crippen molar-refractivity contribution >= 4 is 35.6 Å². The quantitative estimate of drug-likeness (QED) is 0.0948. The highest BCUT2D eigenvalue weighted by atomic mass is 16.6. The summed E-state index contributed by atoms with van der Waals surface area (Å²) in [5, 5.41) is 24.6. The van der Waals surface area contributed by atoms with Crippen molar-refractivity contribution in [2.24, 2.45) is 11.8 Å². The van der Waals surface area contributed by atoms with E-state index in [2.05, 4.69) is 36.6 Å². The molecule has 5 atom stereocenters. The summed E-state index contributed by atoms with van der Waals surface area (Å²) in [4.78, 5) is 86.8. The monoisotopic (exact) mass is 775 g/mol. The Morgan fingerprint density at radius 3 is 1.89 bits per heavy atom. The third-order valence-corrected chi connectivity index (χ3v) is 8.45. The molecule has 304 valence electrons. The second-order valence-electron chi connectivity index (χ2n) is 15.7. The van der Waals surface area contributed by atoms with Gasteiger partial charge in [0.25, 0.3) is 5.91 Å². The molecule has 0 aliphatic heterocycles. The first kappa shape index (κ1) is 44.8. The molecular formula is C41H57N7O8. The lowest BCUT2D eigenvalue weighted by Crippen LogP contribution is -2.58. The average Bonchev–Trinajstić information content (AvgIpc) is 3.63. The van der Waals surface area contributed by atoms with Gasteiger partial charge in [-0.25, -0.2) is 9.78 Å². The number of carbonyl (C=O) groups excluding carboxylic acids is 6. The lowest BCUT2D eigenvalue weighted by Gasteiger charge is -2.29. The molecule has 7 N–H and O–H groups in total. The van der Waals surface area contributed by atoms with Gasteiger partial charge in [-0.1, -0.05) is 76.2 Å². The van der Waals surface area contributed by atoms with E-state index in [0.29, 0.717) is 5.69 Å². The van der Waals surface area contributed by atoms with Gasteiger partial charge in [-0.05, 0) is 63.1 Å². The van der Waals surface area contributed by atoms with E-state index in [-0.39, 0.29) is 43.1 Å². The first-order valence-corrected chi connectivity index (χ1v) is 18.9. The Kier molecular flexibility index (Phi) is 17.2. The minimum Gasteiger partial charge on any atom is -0.444 e. The average molecular weight is 776 g/mol. The number of aromatic nitrogens is 2. The molecule has 1 aromatic heterocycles. The largest absolute Gasteiger partial charge is 0.444 e. The standard InChI is InChI=1S/C41H57N7O8/c1-25(2)18-30(34(49)22-35(50)44-31(19-26(3)4)39(54)48-36(51)28-16-12-9-13-17-28)45-38(53)33(21-29-23-42-24-43-29)46-37(52)32(20-27-14-10-8-11-15-27)47-40(55)56-41(5,6)7/h8-17,23-26,30-34,49H,18-22H2,1-7H3,(H,42,43)(H,44,50)(H,45,53)(H,46,52)(H,47,55)(H,48,51,54)/t30-,31-,32-,33-,34-/m0/s1. The van der Waals surface area contributed by atoms with Gasteiger partial charge in [0.2, 0.25) is 23.6 Å². The van der Waals surface area contributed by atoms with Crippen LogP contribution in [0.25, 0.3) is 0 Å². The van der Waals surface area contributed by atoms with Crippen molar-refractivity contribution < 1.29 is 38.6 Å². The van der Waals surface area contributed by atoms with Crippen LogP contribution in [0.2, 0.25) is 0 Å². The molecule has 3 aromatic rings. The molecule has 0 saturated carbocycles. The SMILES string of the molecule is CC(C)C[C@H](NC(=O)C[C@H](O)[C@H](CC(C)C)NC(=O)[C@H](Cc1cnc[nH]1)NC(=O)[C@H](Cc1ccccc1)NC(=O)OC(C)(C)C)C(=O)NC(=O)c1ccccc1. The van der Waals surface area contributed by atoms with Gasteiger partial charge in [0.05, 0.1) is 24.9 Å². The van der Waals surface area contributed by atoms with Crippen molar-refractivity contribution in [2.45, 2.75) is 116 Å². The van der Waals surface area contributed by atoms with Crippen LogP contribution in [0.5, 0.6) is 0 Å². The Morgan fingerprint density at radius 1 is 0.732 bits per heavy atom. The van der Waals surface area contributed by atoms with Gasteiger partial charge in [-0.2, -0.15) is 0 Å². The van der Waals surface area contributed by atoms with E-state index in [1.165, 1.54) is 12.5 Å². The van der Waals surface area contributed by atoms with Crippen LogP contribution in [0.1, 0.15) is 89.3 Å². The molecule has 0 saturated heterocycles. The highest BCUT2D eigenvalue weighted by Gasteiger charge is 2.33. The highest BCUT2D eigenvalue weighted by Crippen LogP contribution is 2.15. The van der Waals surface area contributed by atoms with E-state index in [0.717, 1.165) is 5.56 Å². The maximum atomic E-state index is 14.0. The smallest absolute Gasteiger partial charge is 0.408 e. The predicted molar refractivity (Wildman–Crippen MR) is 210 cm³/mol. The summed E-state index contributed by atoms with van der Waals surface area (Å²) < 4.78 is 5.41. The van der Waals surface area contributed by atoms with Gasteiger partial charge in [0.15, 0.2) is 0 Å². The molecular weight excluding hydrogens is 718 g/mol.